The summed E-state index contributed by atoms with van der Waals surface area (Å²) in [6.45, 7) is 6.68. The van der Waals surface area contributed by atoms with Crippen LogP contribution in [0.3, 0.4) is 0 Å². The highest BCUT2D eigenvalue weighted by Gasteiger charge is 2.48. The minimum Gasteiger partial charge on any atom is -0.0808 e. The predicted octanol–water partition coefficient (Wildman–Crippen LogP) is 7.61. The van der Waals surface area contributed by atoms with E-state index < -0.39 is 0 Å². The third kappa shape index (κ3) is 2.78. The minimum atomic E-state index is -0.216. The van der Waals surface area contributed by atoms with Crippen LogP contribution in [0.15, 0.2) is 84.5 Å². The van der Waals surface area contributed by atoms with Gasteiger partial charge in [-0.05, 0) is 88.2 Å². The fourth-order valence-electron chi connectivity index (χ4n) is 5.16. The lowest BCUT2D eigenvalue weighted by atomic mass is 9.64. The molecular weight excluding hydrogens is 463 g/mol. The smallest absolute Gasteiger partial charge is 0.0677 e. The van der Waals surface area contributed by atoms with E-state index in [1.165, 1.54) is 42.5 Å². The molecule has 1 heteroatoms. The summed E-state index contributed by atoms with van der Waals surface area (Å²) < 4.78 is 1.34. The second-order valence-corrected chi connectivity index (χ2v) is 9.74. The van der Waals surface area contributed by atoms with Crippen molar-refractivity contribution in [2.75, 3.05) is 0 Å². The van der Waals surface area contributed by atoms with E-state index in [1.807, 2.05) is 0 Å². The van der Waals surface area contributed by atoms with Gasteiger partial charge >= 0.3 is 0 Å². The van der Waals surface area contributed by atoms with Crippen LogP contribution < -0.4 is 0 Å². The average Bonchev–Trinajstić information content (AvgIpc) is 3.01. The zero-order valence-electron chi connectivity index (χ0n) is 17.2. The first-order chi connectivity index (χ1) is 14.0. The SMILES string of the molecule is Cc1ccc(C2(c3ccc(C)cc3)C3=C(C=CC(C)C3)c3c(I)cccc32)cc1. The molecule has 0 radical (unpaired) electrons. The zero-order valence-corrected chi connectivity index (χ0v) is 19.3. The largest absolute Gasteiger partial charge is 0.0808 e. The molecule has 1 unspecified atom stereocenters. The van der Waals surface area contributed by atoms with E-state index in [0.29, 0.717) is 5.92 Å². The van der Waals surface area contributed by atoms with Crippen molar-refractivity contribution < 1.29 is 0 Å². The second kappa shape index (κ2) is 6.98. The van der Waals surface area contributed by atoms with Gasteiger partial charge in [0, 0.05) is 3.57 Å². The molecule has 1 atom stereocenters. The summed E-state index contributed by atoms with van der Waals surface area (Å²) >= 11 is 2.52. The van der Waals surface area contributed by atoms with Gasteiger partial charge in [0.2, 0.25) is 0 Å². The quantitative estimate of drug-likeness (QED) is 0.326. The number of halogens is 1. The summed E-state index contributed by atoms with van der Waals surface area (Å²) in [6, 6.07) is 25.3. The van der Waals surface area contributed by atoms with Crippen molar-refractivity contribution in [1.82, 2.24) is 0 Å². The first-order valence-electron chi connectivity index (χ1n) is 10.4. The molecule has 0 heterocycles. The highest BCUT2D eigenvalue weighted by molar-refractivity contribution is 14.1. The Bertz CT molecular complexity index is 1100. The monoisotopic (exact) mass is 488 g/mol. The molecule has 2 aliphatic carbocycles. The maximum absolute atomic E-state index is 2.52. The Morgan fingerprint density at radius 3 is 2.00 bits per heavy atom. The molecule has 144 valence electrons. The van der Waals surface area contributed by atoms with E-state index >= 15 is 0 Å². The maximum Gasteiger partial charge on any atom is 0.0677 e. The van der Waals surface area contributed by atoms with Crippen molar-refractivity contribution in [2.24, 2.45) is 5.92 Å². The van der Waals surface area contributed by atoms with Gasteiger partial charge < -0.3 is 0 Å². The third-order valence-electron chi connectivity index (χ3n) is 6.55. The van der Waals surface area contributed by atoms with E-state index in [1.54, 1.807) is 5.57 Å². The Morgan fingerprint density at radius 1 is 0.828 bits per heavy atom. The Morgan fingerprint density at radius 2 is 1.41 bits per heavy atom. The molecule has 0 fully saturated rings. The molecular formula is C28H25I. The molecule has 5 rings (SSSR count). The van der Waals surface area contributed by atoms with Crippen LogP contribution >= 0.6 is 22.6 Å². The third-order valence-corrected chi connectivity index (χ3v) is 7.45. The number of rotatable bonds is 2. The highest BCUT2D eigenvalue weighted by atomic mass is 127. The van der Waals surface area contributed by atoms with Gasteiger partial charge in [-0.3, -0.25) is 0 Å². The van der Waals surface area contributed by atoms with Crippen LogP contribution in [0.25, 0.3) is 5.57 Å². The normalized spacial score (nSPS) is 19.2. The van der Waals surface area contributed by atoms with E-state index in [-0.39, 0.29) is 5.41 Å². The van der Waals surface area contributed by atoms with Gasteiger partial charge in [-0.25, -0.2) is 0 Å². The first kappa shape index (κ1) is 18.9. The summed E-state index contributed by atoms with van der Waals surface area (Å²) in [4.78, 5) is 0. The number of fused-ring (bicyclic) bond motifs is 2. The van der Waals surface area contributed by atoms with Crippen molar-refractivity contribution in [3.8, 4) is 0 Å². The molecule has 3 aromatic carbocycles. The number of hydrogen-bond acceptors (Lipinski definition) is 0. The molecule has 0 bridgehead atoms. The Balaban J connectivity index is 1.93. The summed E-state index contributed by atoms with van der Waals surface area (Å²) in [5, 5.41) is 0. The van der Waals surface area contributed by atoms with Crippen LogP contribution in [-0.2, 0) is 5.41 Å². The Hall–Kier alpha value is -2.13. The summed E-state index contributed by atoms with van der Waals surface area (Å²) in [6.07, 6.45) is 5.86. The predicted molar refractivity (Wildman–Crippen MR) is 131 cm³/mol. The van der Waals surface area contributed by atoms with Crippen molar-refractivity contribution >= 4 is 28.2 Å². The second-order valence-electron chi connectivity index (χ2n) is 8.58. The average molecular weight is 488 g/mol. The summed E-state index contributed by atoms with van der Waals surface area (Å²) in [5.74, 6) is 0.552. The molecule has 0 amide bonds. The van der Waals surface area contributed by atoms with Crippen molar-refractivity contribution in [1.29, 1.82) is 0 Å². The minimum absolute atomic E-state index is 0.216. The Kier molecular flexibility index (Phi) is 4.54. The topological polar surface area (TPSA) is 0 Å². The first-order valence-corrected chi connectivity index (χ1v) is 11.4. The number of hydrogen-bond donors (Lipinski definition) is 0. The molecule has 3 aromatic rings. The van der Waals surface area contributed by atoms with Crippen LogP contribution in [0.1, 0.15) is 46.7 Å². The summed E-state index contributed by atoms with van der Waals surface area (Å²) in [7, 11) is 0. The van der Waals surface area contributed by atoms with Crippen LogP contribution in [-0.4, -0.2) is 0 Å². The number of aryl methyl sites for hydroxylation is 2. The van der Waals surface area contributed by atoms with Gasteiger partial charge in [0.05, 0.1) is 5.41 Å². The molecule has 2 aliphatic rings. The molecule has 0 saturated heterocycles. The molecule has 29 heavy (non-hydrogen) atoms. The standard InChI is InChI=1S/C28H25I/c1-18-7-12-21(13-8-18)28(22-14-9-19(2)10-15-22)24-5-4-6-26(29)27(24)23-16-11-20(3)17-25(23)28/h4-16,20H,17H2,1-3H3. The fraction of sp³-hybridized carbons (Fsp3) is 0.214. The van der Waals surface area contributed by atoms with Crippen LogP contribution in [0.2, 0.25) is 0 Å². The van der Waals surface area contributed by atoms with Gasteiger partial charge in [0.25, 0.3) is 0 Å². The van der Waals surface area contributed by atoms with Crippen LogP contribution in [0.4, 0.5) is 0 Å². The van der Waals surface area contributed by atoms with Crippen molar-refractivity contribution in [3.05, 3.63) is 121 Å². The zero-order chi connectivity index (χ0) is 20.2. The fourth-order valence-corrected chi connectivity index (χ4v) is 5.95. The molecule has 0 saturated carbocycles. The molecule has 0 nitrogen and oxygen atoms in total. The van der Waals surface area contributed by atoms with Crippen LogP contribution in [0.5, 0.6) is 0 Å². The van der Waals surface area contributed by atoms with Gasteiger partial charge in [-0.15, -0.1) is 0 Å². The Labute approximate surface area is 187 Å². The molecule has 0 aliphatic heterocycles. The van der Waals surface area contributed by atoms with E-state index in [0.717, 1.165) is 6.42 Å². The van der Waals surface area contributed by atoms with Gasteiger partial charge in [0.15, 0.2) is 0 Å². The van der Waals surface area contributed by atoms with E-state index in [2.05, 4.69) is 122 Å². The molecule has 0 aromatic heterocycles. The van der Waals surface area contributed by atoms with Gasteiger partial charge in [-0.2, -0.15) is 0 Å². The molecule has 0 N–H and O–H groups in total. The lowest BCUT2D eigenvalue weighted by Gasteiger charge is -2.37. The lowest BCUT2D eigenvalue weighted by molar-refractivity contribution is 0.622. The van der Waals surface area contributed by atoms with Crippen molar-refractivity contribution in [3.63, 3.8) is 0 Å². The number of benzene rings is 3. The highest BCUT2D eigenvalue weighted by Crippen LogP contribution is 2.58. The summed E-state index contributed by atoms with van der Waals surface area (Å²) in [5.41, 5.74) is 11.0. The van der Waals surface area contributed by atoms with E-state index in [4.69, 9.17) is 0 Å². The van der Waals surface area contributed by atoms with Crippen molar-refractivity contribution in [2.45, 2.75) is 32.6 Å². The number of allylic oxidation sites excluding steroid dienone is 4. The van der Waals surface area contributed by atoms with Gasteiger partial charge in [0.1, 0.15) is 0 Å². The van der Waals surface area contributed by atoms with E-state index in [9.17, 15) is 0 Å². The molecule has 0 spiro atoms. The van der Waals surface area contributed by atoms with Gasteiger partial charge in [-0.1, -0.05) is 90.9 Å². The van der Waals surface area contributed by atoms with Crippen LogP contribution in [0, 0.1) is 23.3 Å². The maximum atomic E-state index is 2.52. The lowest BCUT2D eigenvalue weighted by Crippen LogP contribution is -2.31.